The number of rotatable bonds is 4. The van der Waals surface area contributed by atoms with Crippen molar-refractivity contribution in [3.8, 4) is 0 Å². The van der Waals surface area contributed by atoms with Crippen molar-refractivity contribution in [3.63, 3.8) is 0 Å². The van der Waals surface area contributed by atoms with Gasteiger partial charge in [0.25, 0.3) is 0 Å². The zero-order chi connectivity index (χ0) is 9.52. The molecule has 1 aromatic rings. The average molecular weight is 194 g/mol. The first-order valence-electron chi connectivity index (χ1n) is 4.46. The summed E-state index contributed by atoms with van der Waals surface area (Å²) in [6.45, 7) is 2.87. The van der Waals surface area contributed by atoms with Gasteiger partial charge in [-0.15, -0.1) is 9.24 Å². The first-order chi connectivity index (χ1) is 6.33. The number of aromatic nitrogens is 1. The number of hydrogen-bond acceptors (Lipinski definition) is 2. The van der Waals surface area contributed by atoms with Gasteiger partial charge in [0.2, 0.25) is 0 Å². The summed E-state index contributed by atoms with van der Waals surface area (Å²) in [5.74, 6) is 0. The summed E-state index contributed by atoms with van der Waals surface area (Å²) in [7, 11) is 2.70. The lowest BCUT2D eigenvalue weighted by atomic mass is 10.3. The highest BCUT2D eigenvalue weighted by molar-refractivity contribution is 7.16. The maximum atomic E-state index is 4.32. The van der Waals surface area contributed by atoms with Crippen LogP contribution in [0.4, 0.5) is 0 Å². The highest BCUT2D eigenvalue weighted by Crippen LogP contribution is 1.95. The predicted octanol–water partition coefficient (Wildman–Crippen LogP) is 2.07. The third-order valence-electron chi connectivity index (χ3n) is 1.62. The van der Waals surface area contributed by atoms with Gasteiger partial charge in [0.1, 0.15) is 0 Å². The van der Waals surface area contributed by atoms with E-state index < -0.39 is 0 Å². The van der Waals surface area contributed by atoms with Gasteiger partial charge in [-0.2, -0.15) is 0 Å². The summed E-state index contributed by atoms with van der Waals surface area (Å²) in [5.41, 5.74) is 1.98. The van der Waals surface area contributed by atoms with Crippen molar-refractivity contribution < 1.29 is 0 Å². The highest BCUT2D eigenvalue weighted by atomic mass is 31.0. The standard InChI is InChI=1S/C10H15N2P/c1-9-4-2-5-10(12-9)8-11-6-3-7-13/h2,4-5,8H,3,6-7,13H2,1H3/b11-8+. The number of hydrogen-bond donors (Lipinski definition) is 0. The lowest BCUT2D eigenvalue weighted by Gasteiger charge is -1.94. The van der Waals surface area contributed by atoms with E-state index in [0.717, 1.165) is 30.5 Å². The third-order valence-corrected chi connectivity index (χ3v) is 2.03. The van der Waals surface area contributed by atoms with Gasteiger partial charge >= 0.3 is 0 Å². The second kappa shape index (κ2) is 5.82. The molecular weight excluding hydrogens is 179 g/mol. The molecule has 0 aliphatic heterocycles. The first kappa shape index (κ1) is 10.3. The largest absolute Gasteiger partial charge is 0.291 e. The molecule has 1 aromatic heterocycles. The van der Waals surface area contributed by atoms with Crippen LogP contribution >= 0.6 is 9.24 Å². The van der Waals surface area contributed by atoms with E-state index in [9.17, 15) is 0 Å². The molecule has 0 spiro atoms. The minimum atomic E-state index is 0.888. The lowest BCUT2D eigenvalue weighted by molar-refractivity contribution is 0.947. The molecule has 13 heavy (non-hydrogen) atoms. The number of aryl methyl sites for hydroxylation is 1. The Hall–Kier alpha value is -0.750. The van der Waals surface area contributed by atoms with Gasteiger partial charge in [-0.1, -0.05) is 6.07 Å². The summed E-state index contributed by atoms with van der Waals surface area (Å²) in [5, 5.41) is 0. The number of pyridine rings is 1. The average Bonchev–Trinajstić information content (AvgIpc) is 2.13. The Labute approximate surface area is 81.7 Å². The van der Waals surface area contributed by atoms with Crippen LogP contribution in [0.2, 0.25) is 0 Å². The first-order valence-corrected chi connectivity index (χ1v) is 5.28. The molecule has 70 valence electrons. The fourth-order valence-corrected chi connectivity index (χ4v) is 1.16. The maximum Gasteiger partial charge on any atom is 0.0811 e. The minimum absolute atomic E-state index is 0.888. The van der Waals surface area contributed by atoms with E-state index in [4.69, 9.17) is 0 Å². The molecule has 0 radical (unpaired) electrons. The zero-order valence-electron chi connectivity index (χ0n) is 7.90. The zero-order valence-corrected chi connectivity index (χ0v) is 9.06. The van der Waals surface area contributed by atoms with Gasteiger partial charge in [0, 0.05) is 18.5 Å². The van der Waals surface area contributed by atoms with E-state index in [-0.39, 0.29) is 0 Å². The van der Waals surface area contributed by atoms with E-state index >= 15 is 0 Å². The Morgan fingerprint density at radius 3 is 3.08 bits per heavy atom. The third kappa shape index (κ3) is 4.14. The molecule has 0 aliphatic rings. The molecule has 1 unspecified atom stereocenters. The van der Waals surface area contributed by atoms with Gasteiger partial charge < -0.3 is 0 Å². The second-order valence-electron chi connectivity index (χ2n) is 2.88. The monoisotopic (exact) mass is 194 g/mol. The van der Waals surface area contributed by atoms with Crippen molar-refractivity contribution in [2.45, 2.75) is 13.3 Å². The molecule has 3 heteroatoms. The predicted molar refractivity (Wildman–Crippen MR) is 60.6 cm³/mol. The van der Waals surface area contributed by atoms with Crippen LogP contribution in [0.25, 0.3) is 0 Å². The molecule has 1 rings (SSSR count). The molecular formula is C10H15N2P. The van der Waals surface area contributed by atoms with E-state index in [2.05, 4.69) is 19.2 Å². The molecule has 0 amide bonds. The van der Waals surface area contributed by atoms with Gasteiger partial charge in [-0.3, -0.25) is 9.98 Å². The summed E-state index contributed by atoms with van der Waals surface area (Å²) in [6, 6.07) is 5.95. The van der Waals surface area contributed by atoms with Crippen LogP contribution in [0.3, 0.4) is 0 Å². The summed E-state index contributed by atoms with van der Waals surface area (Å²) >= 11 is 0. The molecule has 1 atom stereocenters. The second-order valence-corrected chi connectivity index (χ2v) is 3.46. The molecule has 0 fully saturated rings. The summed E-state index contributed by atoms with van der Waals surface area (Å²) < 4.78 is 0. The molecule has 0 saturated carbocycles. The van der Waals surface area contributed by atoms with Gasteiger partial charge in [-0.25, -0.2) is 0 Å². The minimum Gasteiger partial charge on any atom is -0.291 e. The van der Waals surface area contributed by atoms with E-state index in [1.165, 1.54) is 0 Å². The Balaban J connectivity index is 2.48. The normalized spacial score (nSPS) is 10.9. The fraction of sp³-hybridized carbons (Fsp3) is 0.400. The molecule has 0 aliphatic carbocycles. The summed E-state index contributed by atoms with van der Waals surface area (Å²) in [6.07, 6.45) is 4.07. The van der Waals surface area contributed by atoms with Gasteiger partial charge in [0.15, 0.2) is 0 Å². The van der Waals surface area contributed by atoms with Crippen LogP contribution in [0.1, 0.15) is 17.8 Å². The topological polar surface area (TPSA) is 25.2 Å². The number of nitrogens with zero attached hydrogens (tertiary/aromatic N) is 2. The lowest BCUT2D eigenvalue weighted by Crippen LogP contribution is -1.90. The maximum absolute atomic E-state index is 4.32. The fourth-order valence-electron chi connectivity index (χ4n) is 0.977. The summed E-state index contributed by atoms with van der Waals surface area (Å²) in [4.78, 5) is 8.59. The van der Waals surface area contributed by atoms with Crippen LogP contribution < -0.4 is 0 Å². The van der Waals surface area contributed by atoms with Gasteiger partial charge in [0.05, 0.1) is 5.69 Å². The van der Waals surface area contributed by atoms with Crippen LogP contribution in [0, 0.1) is 6.92 Å². The van der Waals surface area contributed by atoms with Crippen molar-refractivity contribution in [1.82, 2.24) is 4.98 Å². The highest BCUT2D eigenvalue weighted by Gasteiger charge is 1.88. The Morgan fingerprint density at radius 1 is 1.54 bits per heavy atom. The molecule has 0 saturated heterocycles. The Kier molecular flexibility index (Phi) is 4.63. The Bertz CT molecular complexity index is 284. The van der Waals surface area contributed by atoms with Crippen molar-refractivity contribution in [1.29, 1.82) is 0 Å². The van der Waals surface area contributed by atoms with E-state index in [0.29, 0.717) is 0 Å². The van der Waals surface area contributed by atoms with Crippen molar-refractivity contribution in [2.75, 3.05) is 12.7 Å². The van der Waals surface area contributed by atoms with Crippen molar-refractivity contribution in [2.24, 2.45) is 4.99 Å². The number of aliphatic imine (C=N–C) groups is 1. The van der Waals surface area contributed by atoms with Crippen molar-refractivity contribution >= 4 is 15.5 Å². The van der Waals surface area contributed by atoms with Crippen LogP contribution in [0.15, 0.2) is 23.2 Å². The SMILES string of the molecule is Cc1cccc(/C=N/CCCP)n1. The molecule has 0 aromatic carbocycles. The van der Waals surface area contributed by atoms with E-state index in [1.54, 1.807) is 0 Å². The Morgan fingerprint density at radius 2 is 2.38 bits per heavy atom. The quantitative estimate of drug-likeness (QED) is 0.409. The molecule has 0 N–H and O–H groups in total. The molecule has 1 heterocycles. The van der Waals surface area contributed by atoms with Crippen LogP contribution in [-0.4, -0.2) is 23.9 Å². The van der Waals surface area contributed by atoms with Crippen LogP contribution in [-0.2, 0) is 0 Å². The smallest absolute Gasteiger partial charge is 0.0811 e. The molecule has 0 bridgehead atoms. The van der Waals surface area contributed by atoms with Crippen LogP contribution in [0.5, 0.6) is 0 Å². The van der Waals surface area contributed by atoms with Gasteiger partial charge in [-0.05, 0) is 31.6 Å². The van der Waals surface area contributed by atoms with E-state index in [1.807, 2.05) is 31.3 Å². The molecule has 2 nitrogen and oxygen atoms in total. The van der Waals surface area contributed by atoms with Crippen molar-refractivity contribution in [3.05, 3.63) is 29.6 Å².